The first-order valence-corrected chi connectivity index (χ1v) is 9.24. The predicted molar refractivity (Wildman–Crippen MR) is 84.7 cm³/mol. The molecule has 0 aromatic carbocycles. The van der Waals surface area contributed by atoms with Crippen LogP contribution in [0.3, 0.4) is 0 Å². The van der Waals surface area contributed by atoms with Crippen molar-refractivity contribution in [2.75, 3.05) is 12.3 Å². The highest BCUT2D eigenvalue weighted by Gasteiger charge is 2.09. The molecule has 2 heterocycles. The lowest BCUT2D eigenvalue weighted by Crippen LogP contribution is -2.25. The Morgan fingerprint density at radius 2 is 2.14 bits per heavy atom. The first-order chi connectivity index (χ1) is 10.2. The number of aromatic nitrogens is 3. The van der Waals surface area contributed by atoms with Crippen molar-refractivity contribution in [3.05, 3.63) is 17.5 Å². The van der Waals surface area contributed by atoms with Crippen molar-refractivity contribution in [2.45, 2.75) is 34.7 Å². The molecule has 1 N–H and O–H groups in total. The average molecular weight is 344 g/mol. The van der Waals surface area contributed by atoms with Gasteiger partial charge in [0.25, 0.3) is 0 Å². The van der Waals surface area contributed by atoms with Crippen molar-refractivity contribution < 1.29 is 9.32 Å². The van der Waals surface area contributed by atoms with Gasteiger partial charge in [0.05, 0.1) is 17.2 Å². The van der Waals surface area contributed by atoms with Crippen molar-refractivity contribution >= 4 is 40.8 Å². The number of carbonyl (C=O) groups is 1. The minimum atomic E-state index is 0.0309. The van der Waals surface area contributed by atoms with Gasteiger partial charge in [-0.1, -0.05) is 46.9 Å². The van der Waals surface area contributed by atoms with E-state index >= 15 is 0 Å². The summed E-state index contributed by atoms with van der Waals surface area (Å²) in [6.45, 7) is 4.63. The van der Waals surface area contributed by atoms with Crippen molar-refractivity contribution in [3.8, 4) is 0 Å². The number of rotatable bonds is 8. The van der Waals surface area contributed by atoms with Gasteiger partial charge in [0, 0.05) is 12.6 Å². The Kier molecular flexibility index (Phi) is 6.52. The van der Waals surface area contributed by atoms with Crippen LogP contribution in [-0.4, -0.2) is 33.6 Å². The Balaban J connectivity index is 1.74. The van der Waals surface area contributed by atoms with Crippen LogP contribution in [-0.2, 0) is 10.5 Å². The van der Waals surface area contributed by atoms with Gasteiger partial charge in [-0.05, 0) is 13.3 Å². The van der Waals surface area contributed by atoms with Crippen molar-refractivity contribution in [1.29, 1.82) is 0 Å². The van der Waals surface area contributed by atoms with Gasteiger partial charge in [-0.3, -0.25) is 4.79 Å². The Hall–Kier alpha value is -1.06. The third kappa shape index (κ3) is 5.68. The van der Waals surface area contributed by atoms with Gasteiger partial charge >= 0.3 is 0 Å². The first-order valence-electron chi connectivity index (χ1n) is 6.45. The Morgan fingerprint density at radius 3 is 2.81 bits per heavy atom. The molecular formula is C12H16N4O2S3. The maximum absolute atomic E-state index is 11.5. The van der Waals surface area contributed by atoms with Crippen LogP contribution in [0, 0.1) is 6.92 Å². The summed E-state index contributed by atoms with van der Waals surface area (Å²) >= 11 is 4.45. The van der Waals surface area contributed by atoms with Gasteiger partial charge < -0.3 is 9.84 Å². The molecule has 9 heteroatoms. The second-order valence-corrected chi connectivity index (χ2v) is 7.62. The van der Waals surface area contributed by atoms with Crippen LogP contribution >= 0.6 is 34.9 Å². The fraction of sp³-hybridized carbons (Fsp3) is 0.500. The topological polar surface area (TPSA) is 80.9 Å². The van der Waals surface area contributed by atoms with E-state index in [9.17, 15) is 4.79 Å². The number of nitrogens with one attached hydrogen (secondary N) is 1. The van der Waals surface area contributed by atoms with Crippen LogP contribution in [0.15, 0.2) is 19.3 Å². The van der Waals surface area contributed by atoms with Gasteiger partial charge in [-0.25, -0.2) is 0 Å². The predicted octanol–water partition coefficient (Wildman–Crippen LogP) is 2.75. The molecule has 114 valence electrons. The highest BCUT2D eigenvalue weighted by Crippen LogP contribution is 2.30. The summed E-state index contributed by atoms with van der Waals surface area (Å²) in [6, 6.07) is 1.90. The van der Waals surface area contributed by atoms with Crippen LogP contribution in [0.5, 0.6) is 0 Å². The second kappa shape index (κ2) is 8.40. The van der Waals surface area contributed by atoms with E-state index < -0.39 is 0 Å². The van der Waals surface area contributed by atoms with Crippen LogP contribution < -0.4 is 5.32 Å². The lowest BCUT2D eigenvalue weighted by atomic mass is 10.4. The molecule has 1 amide bonds. The van der Waals surface area contributed by atoms with Gasteiger partial charge in [0.1, 0.15) is 5.76 Å². The van der Waals surface area contributed by atoms with E-state index in [-0.39, 0.29) is 5.91 Å². The molecule has 21 heavy (non-hydrogen) atoms. The normalized spacial score (nSPS) is 10.8. The molecule has 0 spiro atoms. The van der Waals surface area contributed by atoms with Crippen LogP contribution in [0.25, 0.3) is 0 Å². The number of aryl methyl sites for hydroxylation is 1. The summed E-state index contributed by atoms with van der Waals surface area (Å²) in [5, 5.41) is 14.8. The monoisotopic (exact) mass is 344 g/mol. The number of nitrogens with zero attached hydrogens (tertiary/aromatic N) is 3. The molecule has 0 saturated heterocycles. The highest BCUT2D eigenvalue weighted by molar-refractivity contribution is 8.03. The van der Waals surface area contributed by atoms with Crippen LogP contribution in [0.4, 0.5) is 0 Å². The zero-order valence-corrected chi connectivity index (χ0v) is 14.2. The van der Waals surface area contributed by atoms with E-state index in [1.165, 1.54) is 23.1 Å². The molecule has 2 rings (SSSR count). The summed E-state index contributed by atoms with van der Waals surface area (Å²) in [5.74, 6) is 1.90. The molecule has 0 aliphatic heterocycles. The largest absolute Gasteiger partial charge is 0.360 e. The summed E-state index contributed by atoms with van der Waals surface area (Å²) in [4.78, 5) is 11.5. The molecule has 0 aliphatic carbocycles. The van der Waals surface area contributed by atoms with E-state index in [2.05, 4.69) is 20.7 Å². The number of hydrogen-bond donors (Lipinski definition) is 1. The zero-order valence-electron chi connectivity index (χ0n) is 11.8. The molecule has 0 fully saturated rings. The van der Waals surface area contributed by atoms with Gasteiger partial charge in [-0.2, -0.15) is 0 Å². The fourth-order valence-corrected chi connectivity index (χ4v) is 4.10. The van der Waals surface area contributed by atoms with Crippen LogP contribution in [0.1, 0.15) is 24.8 Å². The maximum Gasteiger partial charge on any atom is 0.230 e. The zero-order chi connectivity index (χ0) is 15.1. The summed E-state index contributed by atoms with van der Waals surface area (Å²) in [7, 11) is 0. The number of amides is 1. The lowest BCUT2D eigenvalue weighted by molar-refractivity contribution is -0.118. The van der Waals surface area contributed by atoms with Gasteiger partial charge in [-0.15, -0.1) is 10.2 Å². The van der Waals surface area contributed by atoms with E-state index in [1.54, 1.807) is 11.8 Å². The molecular weight excluding hydrogens is 328 g/mol. The quantitative estimate of drug-likeness (QED) is 0.737. The summed E-state index contributed by atoms with van der Waals surface area (Å²) in [5.41, 5.74) is 0.872. The van der Waals surface area contributed by atoms with Crippen molar-refractivity contribution in [2.24, 2.45) is 0 Å². The molecule has 0 radical (unpaired) electrons. The fourth-order valence-electron chi connectivity index (χ4n) is 1.37. The molecule has 0 aliphatic rings. The van der Waals surface area contributed by atoms with E-state index in [0.717, 1.165) is 26.6 Å². The number of hydrogen-bond acceptors (Lipinski definition) is 8. The van der Waals surface area contributed by atoms with Crippen molar-refractivity contribution in [1.82, 2.24) is 20.7 Å². The first kappa shape index (κ1) is 16.3. The van der Waals surface area contributed by atoms with Gasteiger partial charge in [0.2, 0.25) is 5.91 Å². The minimum absolute atomic E-state index is 0.0309. The van der Waals surface area contributed by atoms with E-state index in [0.29, 0.717) is 18.1 Å². The third-order valence-corrected chi connectivity index (χ3v) is 5.51. The summed E-state index contributed by atoms with van der Waals surface area (Å²) in [6.07, 6.45) is 0.942. The van der Waals surface area contributed by atoms with Gasteiger partial charge in [0.15, 0.2) is 8.68 Å². The number of thioether (sulfide) groups is 2. The highest BCUT2D eigenvalue weighted by atomic mass is 32.2. The molecule has 6 nitrogen and oxygen atoms in total. The SMILES string of the molecule is CCCNC(=O)CSc1nnc(SCc2cc(C)no2)s1. The molecule has 0 saturated carbocycles. The standard InChI is InChI=1S/C12H16N4O2S3/c1-3-4-13-10(17)7-20-12-15-14-11(21-12)19-6-9-5-8(2)16-18-9/h5H,3-4,6-7H2,1-2H3,(H,13,17). The Bertz CT molecular complexity index is 585. The van der Waals surface area contributed by atoms with E-state index in [4.69, 9.17) is 4.52 Å². The average Bonchev–Trinajstić information content (AvgIpc) is 3.09. The lowest BCUT2D eigenvalue weighted by Gasteiger charge is -2.00. The molecule has 2 aromatic rings. The number of carbonyl (C=O) groups excluding carboxylic acids is 1. The molecule has 0 bridgehead atoms. The third-order valence-electron chi connectivity index (χ3n) is 2.30. The van der Waals surface area contributed by atoms with Crippen LogP contribution in [0.2, 0.25) is 0 Å². The molecule has 0 unspecified atom stereocenters. The molecule has 0 atom stereocenters. The smallest absolute Gasteiger partial charge is 0.230 e. The van der Waals surface area contributed by atoms with E-state index in [1.807, 2.05) is 19.9 Å². The van der Waals surface area contributed by atoms with Crippen molar-refractivity contribution in [3.63, 3.8) is 0 Å². The Labute approximate surface area is 135 Å². The second-order valence-electron chi connectivity index (χ2n) is 4.20. The maximum atomic E-state index is 11.5. The summed E-state index contributed by atoms with van der Waals surface area (Å²) < 4.78 is 6.80. The molecule has 2 aromatic heterocycles. The minimum Gasteiger partial charge on any atom is -0.360 e. The Morgan fingerprint density at radius 1 is 1.38 bits per heavy atom.